The molecule has 0 aromatic heterocycles. The monoisotopic (exact) mass is 373 g/mol. The minimum absolute atomic E-state index is 0.207. The Bertz CT molecular complexity index is 452. The second kappa shape index (κ2) is 6.88. The van der Waals surface area contributed by atoms with Gasteiger partial charge in [0.05, 0.1) is 5.56 Å². The lowest BCUT2D eigenvalue weighted by Gasteiger charge is -2.11. The number of carbonyl (C=O) groups excluding carboxylic acids is 2. The molecule has 1 N–H and O–H groups in total. The first-order chi connectivity index (χ1) is 9.15. The van der Waals surface area contributed by atoms with E-state index in [4.69, 9.17) is 4.74 Å². The summed E-state index contributed by atoms with van der Waals surface area (Å²) in [5.74, 6) is -0.677. The van der Waals surface area contributed by atoms with Crippen LogP contribution in [0.1, 0.15) is 36.0 Å². The van der Waals surface area contributed by atoms with E-state index in [-0.39, 0.29) is 18.6 Å². The van der Waals surface area contributed by atoms with Crippen molar-refractivity contribution < 1.29 is 14.3 Å². The third-order valence-corrected chi connectivity index (χ3v) is 3.85. The number of hydrogen-bond acceptors (Lipinski definition) is 3. The average Bonchev–Trinajstić information content (AvgIpc) is 2.89. The van der Waals surface area contributed by atoms with Crippen LogP contribution < -0.4 is 5.32 Å². The van der Waals surface area contributed by atoms with Crippen molar-refractivity contribution in [1.82, 2.24) is 5.32 Å². The molecule has 1 saturated carbocycles. The van der Waals surface area contributed by atoms with E-state index in [2.05, 4.69) is 27.9 Å². The van der Waals surface area contributed by atoms with Gasteiger partial charge in [-0.15, -0.1) is 0 Å². The molecule has 19 heavy (non-hydrogen) atoms. The van der Waals surface area contributed by atoms with Crippen LogP contribution in [-0.4, -0.2) is 24.5 Å². The van der Waals surface area contributed by atoms with Crippen molar-refractivity contribution in [3.8, 4) is 0 Å². The van der Waals surface area contributed by atoms with Crippen molar-refractivity contribution in [3.05, 3.63) is 33.4 Å². The standard InChI is InChI=1S/C14H16INO3/c15-11-7-5-10(6-8-11)14(18)19-9-13(17)16-12-3-1-2-4-12/h5-8,12H,1-4,9H2,(H,16,17). The van der Waals surface area contributed by atoms with Gasteiger partial charge in [-0.05, 0) is 59.7 Å². The summed E-state index contributed by atoms with van der Waals surface area (Å²) in [4.78, 5) is 23.3. The van der Waals surface area contributed by atoms with E-state index in [1.807, 2.05) is 12.1 Å². The van der Waals surface area contributed by atoms with Crippen molar-refractivity contribution in [1.29, 1.82) is 0 Å². The third kappa shape index (κ3) is 4.49. The lowest BCUT2D eigenvalue weighted by molar-refractivity contribution is -0.124. The van der Waals surface area contributed by atoms with Crippen molar-refractivity contribution in [2.75, 3.05) is 6.61 Å². The van der Waals surface area contributed by atoms with E-state index < -0.39 is 5.97 Å². The number of esters is 1. The number of ether oxygens (including phenoxy) is 1. The Kier molecular flexibility index (Phi) is 5.18. The maximum absolute atomic E-state index is 11.7. The first kappa shape index (κ1) is 14.3. The first-order valence-electron chi connectivity index (χ1n) is 6.37. The summed E-state index contributed by atoms with van der Waals surface area (Å²) in [6.45, 7) is -0.207. The van der Waals surface area contributed by atoms with Crippen LogP contribution in [0.25, 0.3) is 0 Å². The van der Waals surface area contributed by atoms with Gasteiger partial charge in [-0.2, -0.15) is 0 Å². The minimum atomic E-state index is -0.460. The summed E-state index contributed by atoms with van der Waals surface area (Å²) in [6, 6.07) is 7.30. The van der Waals surface area contributed by atoms with Gasteiger partial charge in [-0.3, -0.25) is 4.79 Å². The molecule has 1 amide bonds. The SMILES string of the molecule is O=C(COC(=O)c1ccc(I)cc1)NC1CCCC1. The van der Waals surface area contributed by atoms with E-state index in [9.17, 15) is 9.59 Å². The fourth-order valence-electron chi connectivity index (χ4n) is 2.14. The topological polar surface area (TPSA) is 55.4 Å². The van der Waals surface area contributed by atoms with E-state index in [0.29, 0.717) is 5.56 Å². The molecule has 1 aliphatic rings. The average molecular weight is 373 g/mol. The van der Waals surface area contributed by atoms with Gasteiger partial charge in [0.2, 0.25) is 0 Å². The smallest absolute Gasteiger partial charge is 0.338 e. The van der Waals surface area contributed by atoms with Crippen LogP contribution in [0, 0.1) is 3.57 Å². The van der Waals surface area contributed by atoms with Gasteiger partial charge in [0.25, 0.3) is 5.91 Å². The Hall–Kier alpha value is -1.11. The van der Waals surface area contributed by atoms with Crippen molar-refractivity contribution >= 4 is 34.5 Å². The molecule has 0 heterocycles. The molecule has 0 spiro atoms. The summed E-state index contributed by atoms with van der Waals surface area (Å²) in [6.07, 6.45) is 4.37. The molecule has 4 nitrogen and oxygen atoms in total. The lowest BCUT2D eigenvalue weighted by Crippen LogP contribution is -2.35. The fourth-order valence-corrected chi connectivity index (χ4v) is 2.50. The summed E-state index contributed by atoms with van der Waals surface area (Å²) in [7, 11) is 0. The Morgan fingerprint density at radius 1 is 1.21 bits per heavy atom. The predicted octanol–water partition coefficient (Wildman–Crippen LogP) is 2.51. The van der Waals surface area contributed by atoms with Crippen LogP contribution in [0.4, 0.5) is 0 Å². The largest absolute Gasteiger partial charge is 0.452 e. The number of halogens is 1. The van der Waals surface area contributed by atoms with Crippen molar-refractivity contribution in [2.45, 2.75) is 31.7 Å². The maximum atomic E-state index is 11.7. The Labute approximate surface area is 126 Å². The van der Waals surface area contributed by atoms with Gasteiger partial charge in [0, 0.05) is 9.61 Å². The second-order valence-electron chi connectivity index (χ2n) is 4.63. The normalized spacial score (nSPS) is 15.2. The van der Waals surface area contributed by atoms with Gasteiger partial charge in [0.1, 0.15) is 0 Å². The molecule has 1 aromatic rings. The van der Waals surface area contributed by atoms with Gasteiger partial charge in [-0.25, -0.2) is 4.79 Å². The molecule has 0 bridgehead atoms. The lowest BCUT2D eigenvalue weighted by atomic mass is 10.2. The fraction of sp³-hybridized carbons (Fsp3) is 0.429. The highest BCUT2D eigenvalue weighted by atomic mass is 127. The third-order valence-electron chi connectivity index (χ3n) is 3.13. The highest BCUT2D eigenvalue weighted by molar-refractivity contribution is 14.1. The van der Waals surface area contributed by atoms with E-state index in [1.54, 1.807) is 12.1 Å². The highest BCUT2D eigenvalue weighted by Gasteiger charge is 2.18. The van der Waals surface area contributed by atoms with Crippen LogP contribution in [0.2, 0.25) is 0 Å². The first-order valence-corrected chi connectivity index (χ1v) is 7.45. The molecule has 102 valence electrons. The number of carbonyl (C=O) groups is 2. The minimum Gasteiger partial charge on any atom is -0.452 e. The Morgan fingerprint density at radius 3 is 2.47 bits per heavy atom. The van der Waals surface area contributed by atoms with Crippen LogP contribution in [0.5, 0.6) is 0 Å². The summed E-state index contributed by atoms with van der Waals surface area (Å²) >= 11 is 2.16. The molecule has 0 radical (unpaired) electrons. The van der Waals surface area contributed by atoms with Crippen LogP contribution >= 0.6 is 22.6 Å². The Balaban J connectivity index is 1.76. The number of rotatable bonds is 4. The molecule has 0 atom stereocenters. The summed E-state index contributed by atoms with van der Waals surface area (Å²) in [5, 5.41) is 2.88. The quantitative estimate of drug-likeness (QED) is 0.652. The number of nitrogens with one attached hydrogen (secondary N) is 1. The zero-order valence-electron chi connectivity index (χ0n) is 10.5. The van der Waals surface area contributed by atoms with Gasteiger partial charge in [0.15, 0.2) is 6.61 Å². The van der Waals surface area contributed by atoms with Crippen molar-refractivity contribution in [3.63, 3.8) is 0 Å². The molecular formula is C14H16INO3. The van der Waals surface area contributed by atoms with Crippen LogP contribution in [-0.2, 0) is 9.53 Å². The van der Waals surface area contributed by atoms with Crippen LogP contribution in [0.3, 0.4) is 0 Å². The molecule has 0 unspecified atom stereocenters. The van der Waals surface area contributed by atoms with Crippen molar-refractivity contribution in [2.24, 2.45) is 0 Å². The molecule has 2 rings (SSSR count). The number of amides is 1. The molecule has 1 aliphatic carbocycles. The molecule has 5 heteroatoms. The second-order valence-corrected chi connectivity index (χ2v) is 5.88. The summed E-state index contributed by atoms with van der Waals surface area (Å²) in [5.41, 5.74) is 0.467. The van der Waals surface area contributed by atoms with Gasteiger partial charge in [-0.1, -0.05) is 12.8 Å². The zero-order chi connectivity index (χ0) is 13.7. The Morgan fingerprint density at radius 2 is 1.84 bits per heavy atom. The van der Waals surface area contributed by atoms with Gasteiger partial charge >= 0.3 is 5.97 Å². The maximum Gasteiger partial charge on any atom is 0.338 e. The predicted molar refractivity (Wildman–Crippen MR) is 79.8 cm³/mol. The molecule has 0 aliphatic heterocycles. The highest BCUT2D eigenvalue weighted by Crippen LogP contribution is 2.17. The summed E-state index contributed by atoms with van der Waals surface area (Å²) < 4.78 is 6.04. The molecular weight excluding hydrogens is 357 g/mol. The molecule has 0 saturated heterocycles. The number of benzene rings is 1. The van der Waals surface area contributed by atoms with Crippen LogP contribution in [0.15, 0.2) is 24.3 Å². The van der Waals surface area contributed by atoms with E-state index >= 15 is 0 Å². The zero-order valence-corrected chi connectivity index (χ0v) is 12.7. The van der Waals surface area contributed by atoms with E-state index in [1.165, 1.54) is 0 Å². The molecule has 1 fully saturated rings. The molecule has 1 aromatic carbocycles. The number of hydrogen-bond donors (Lipinski definition) is 1. The van der Waals surface area contributed by atoms with Gasteiger partial charge < -0.3 is 10.1 Å². The van der Waals surface area contributed by atoms with E-state index in [0.717, 1.165) is 29.3 Å².